The van der Waals surface area contributed by atoms with Gasteiger partial charge in [-0.25, -0.2) is 19.9 Å². The van der Waals surface area contributed by atoms with Crippen LogP contribution in [0.3, 0.4) is 0 Å². The van der Waals surface area contributed by atoms with Crippen molar-refractivity contribution in [3.8, 4) is 0 Å². The minimum absolute atomic E-state index is 0.241. The van der Waals surface area contributed by atoms with Crippen molar-refractivity contribution in [2.75, 3.05) is 13.1 Å². The molecule has 0 saturated carbocycles. The van der Waals surface area contributed by atoms with Gasteiger partial charge in [-0.15, -0.1) is 0 Å². The molecule has 1 atom stereocenters. The van der Waals surface area contributed by atoms with Crippen molar-refractivity contribution < 1.29 is 19.7 Å². The number of aliphatic imine (C=N–C) groups is 1. The molecule has 0 radical (unpaired) electrons. The van der Waals surface area contributed by atoms with Gasteiger partial charge in [0.05, 0.1) is 0 Å². The molecule has 25 heavy (non-hydrogen) atoms. The van der Waals surface area contributed by atoms with Gasteiger partial charge >= 0.3 is 6.09 Å². The van der Waals surface area contributed by atoms with E-state index >= 15 is 0 Å². The number of carboxylic acid groups (broad SMARTS) is 1. The van der Waals surface area contributed by atoms with Gasteiger partial charge in [0.1, 0.15) is 6.04 Å². The lowest BCUT2D eigenvalue weighted by Crippen LogP contribution is -2.46. The molecule has 0 fully saturated rings. The minimum atomic E-state index is -1.26. The van der Waals surface area contributed by atoms with E-state index in [1.165, 1.54) is 0 Å². The van der Waals surface area contributed by atoms with Gasteiger partial charge in [0, 0.05) is 13.1 Å². The molecule has 0 aliphatic heterocycles. The molecule has 0 aliphatic carbocycles. The number of unbranched alkanes of at least 4 members (excludes halogenated alkanes) is 4. The number of nitro groups is 1. The summed E-state index contributed by atoms with van der Waals surface area (Å²) in [4.78, 5) is 36.7. The second-order valence-corrected chi connectivity index (χ2v) is 5.49. The molecule has 0 rings (SSSR count). The molecular weight excluding hydrogens is 332 g/mol. The second kappa shape index (κ2) is 13.8. The van der Waals surface area contributed by atoms with Crippen molar-refractivity contribution in [2.24, 2.45) is 10.7 Å². The van der Waals surface area contributed by atoms with Crippen LogP contribution in [0.15, 0.2) is 4.99 Å². The van der Waals surface area contributed by atoms with E-state index in [-0.39, 0.29) is 18.4 Å². The van der Waals surface area contributed by atoms with E-state index in [1.807, 2.05) is 0 Å². The van der Waals surface area contributed by atoms with E-state index in [2.05, 4.69) is 22.5 Å². The highest BCUT2D eigenvalue weighted by Gasteiger charge is 2.19. The Morgan fingerprint density at radius 1 is 1.24 bits per heavy atom. The number of hydrazine groups is 1. The van der Waals surface area contributed by atoms with E-state index in [1.54, 1.807) is 5.43 Å². The van der Waals surface area contributed by atoms with Crippen molar-refractivity contribution in [1.29, 1.82) is 0 Å². The van der Waals surface area contributed by atoms with Crippen LogP contribution in [0, 0.1) is 10.1 Å². The number of rotatable bonds is 13. The lowest BCUT2D eigenvalue weighted by molar-refractivity contribution is -0.525. The Morgan fingerprint density at radius 3 is 2.56 bits per heavy atom. The molecule has 0 unspecified atom stereocenters. The highest BCUT2D eigenvalue weighted by atomic mass is 16.7. The summed E-state index contributed by atoms with van der Waals surface area (Å²) in [5, 5.41) is 23.1. The molecule has 144 valence electrons. The standard InChI is InChI=1S/C14H28N6O5/c1-2-3-4-6-9-16-12(21)11(18-14(22)23)8-5-7-10-17-13(15)19-20(24)25/h11,18H,2-10H2,1H3,(H,16,21)(H,22,23)(H3,15,17,19)/t11-/m0/s1. The Bertz CT molecular complexity index is 457. The highest BCUT2D eigenvalue weighted by Crippen LogP contribution is 2.03. The number of nitrogens with two attached hydrogens (primary N) is 1. The van der Waals surface area contributed by atoms with Gasteiger partial charge in [-0.05, 0) is 25.7 Å². The van der Waals surface area contributed by atoms with Crippen molar-refractivity contribution in [2.45, 2.75) is 57.9 Å². The zero-order valence-electron chi connectivity index (χ0n) is 14.5. The smallest absolute Gasteiger partial charge is 0.405 e. The van der Waals surface area contributed by atoms with Crippen LogP contribution in [-0.4, -0.2) is 47.2 Å². The fourth-order valence-corrected chi connectivity index (χ4v) is 2.09. The third-order valence-corrected chi connectivity index (χ3v) is 3.33. The molecule has 6 N–H and O–H groups in total. The van der Waals surface area contributed by atoms with Gasteiger partial charge < -0.3 is 21.5 Å². The lowest BCUT2D eigenvalue weighted by Gasteiger charge is -2.16. The Hall–Kier alpha value is -2.59. The van der Waals surface area contributed by atoms with Crippen LogP contribution in [0.2, 0.25) is 0 Å². The second-order valence-electron chi connectivity index (χ2n) is 5.49. The molecule has 0 heterocycles. The Kier molecular flexibility index (Phi) is 12.4. The number of nitrogens with zero attached hydrogens (tertiary/aromatic N) is 2. The van der Waals surface area contributed by atoms with Crippen LogP contribution in [0.5, 0.6) is 0 Å². The molecule has 0 aromatic rings. The maximum absolute atomic E-state index is 12.0. The zero-order chi connectivity index (χ0) is 19.1. The summed E-state index contributed by atoms with van der Waals surface area (Å²) in [5.41, 5.74) is 6.98. The van der Waals surface area contributed by atoms with E-state index in [0.29, 0.717) is 25.8 Å². The number of carbonyl (C=O) groups is 2. The first-order valence-electron chi connectivity index (χ1n) is 8.35. The van der Waals surface area contributed by atoms with E-state index in [9.17, 15) is 19.7 Å². The maximum Gasteiger partial charge on any atom is 0.405 e. The monoisotopic (exact) mass is 360 g/mol. The topological polar surface area (TPSA) is 172 Å². The number of carbonyl (C=O) groups excluding carboxylic acids is 1. The summed E-state index contributed by atoms with van der Waals surface area (Å²) in [6.07, 6.45) is 4.16. The summed E-state index contributed by atoms with van der Waals surface area (Å²) < 4.78 is 0. The van der Waals surface area contributed by atoms with Gasteiger partial charge in [0.2, 0.25) is 5.91 Å². The van der Waals surface area contributed by atoms with Crippen LogP contribution in [-0.2, 0) is 4.79 Å². The molecule has 0 bridgehead atoms. The predicted molar refractivity (Wildman–Crippen MR) is 92.6 cm³/mol. The molecular formula is C14H28N6O5. The van der Waals surface area contributed by atoms with Crippen LogP contribution in [0.25, 0.3) is 0 Å². The van der Waals surface area contributed by atoms with Crippen molar-refractivity contribution in [1.82, 2.24) is 16.1 Å². The van der Waals surface area contributed by atoms with Crippen molar-refractivity contribution in [3.63, 3.8) is 0 Å². The SMILES string of the molecule is CCCCCCNC(=O)[C@H](CCCCN=C(N)N[N+](=O)[O-])NC(=O)O. The average Bonchev–Trinajstić information content (AvgIpc) is 2.52. The zero-order valence-corrected chi connectivity index (χ0v) is 14.5. The summed E-state index contributed by atoms with van der Waals surface area (Å²) in [7, 11) is 0. The third-order valence-electron chi connectivity index (χ3n) is 3.33. The van der Waals surface area contributed by atoms with Gasteiger partial charge in [-0.1, -0.05) is 31.6 Å². The van der Waals surface area contributed by atoms with Gasteiger partial charge in [-0.3, -0.25) is 4.79 Å². The van der Waals surface area contributed by atoms with Gasteiger partial charge in [-0.2, -0.15) is 0 Å². The lowest BCUT2D eigenvalue weighted by atomic mass is 10.1. The quantitative estimate of drug-likeness (QED) is 0.105. The van der Waals surface area contributed by atoms with Crippen molar-refractivity contribution >= 4 is 18.0 Å². The summed E-state index contributed by atoms with van der Waals surface area (Å²) in [5.74, 6) is -0.646. The molecule has 11 nitrogen and oxygen atoms in total. The Labute approximate surface area is 146 Å². The summed E-state index contributed by atoms with van der Waals surface area (Å²) >= 11 is 0. The first-order valence-corrected chi connectivity index (χ1v) is 8.35. The molecule has 2 amide bonds. The Balaban J connectivity index is 4.15. The maximum atomic E-state index is 12.0. The van der Waals surface area contributed by atoms with E-state index in [4.69, 9.17) is 10.8 Å². The van der Waals surface area contributed by atoms with Gasteiger partial charge in [0.15, 0.2) is 5.03 Å². The van der Waals surface area contributed by atoms with Crippen LogP contribution < -0.4 is 21.8 Å². The van der Waals surface area contributed by atoms with Crippen LogP contribution in [0.4, 0.5) is 4.79 Å². The normalized spacial score (nSPS) is 12.3. The van der Waals surface area contributed by atoms with E-state index < -0.39 is 17.2 Å². The third kappa shape index (κ3) is 13.5. The Morgan fingerprint density at radius 2 is 1.96 bits per heavy atom. The number of amides is 2. The summed E-state index contributed by atoms with van der Waals surface area (Å²) in [6, 6.07) is -0.832. The largest absolute Gasteiger partial charge is 0.465 e. The number of guanidine groups is 1. The fraction of sp³-hybridized carbons (Fsp3) is 0.786. The molecule has 0 aromatic heterocycles. The molecule has 11 heteroatoms. The van der Waals surface area contributed by atoms with Crippen LogP contribution >= 0.6 is 0 Å². The molecule has 0 spiro atoms. The highest BCUT2D eigenvalue weighted by molar-refractivity contribution is 5.85. The minimum Gasteiger partial charge on any atom is -0.465 e. The number of nitrogens with one attached hydrogen (secondary N) is 3. The molecule has 0 aliphatic rings. The first kappa shape index (κ1) is 22.4. The molecule has 0 aromatic carbocycles. The van der Waals surface area contributed by atoms with Crippen molar-refractivity contribution in [3.05, 3.63) is 10.1 Å². The fourth-order valence-electron chi connectivity index (χ4n) is 2.09. The van der Waals surface area contributed by atoms with Crippen LogP contribution in [0.1, 0.15) is 51.9 Å². The predicted octanol–water partition coefficient (Wildman–Crippen LogP) is 0.585. The average molecular weight is 360 g/mol. The number of hydrogen-bond donors (Lipinski definition) is 5. The van der Waals surface area contributed by atoms with E-state index in [0.717, 1.165) is 25.7 Å². The first-order chi connectivity index (χ1) is 11.9. The number of hydrogen-bond acceptors (Lipinski definition) is 5. The summed E-state index contributed by atoms with van der Waals surface area (Å²) in [6.45, 7) is 2.85. The molecule has 0 saturated heterocycles. The van der Waals surface area contributed by atoms with Gasteiger partial charge in [0.25, 0.3) is 5.96 Å².